The molecule has 0 saturated heterocycles. The number of nitrogens with zero attached hydrogens (tertiary/aromatic N) is 1. The molecule has 0 unspecified atom stereocenters. The zero-order valence-corrected chi connectivity index (χ0v) is 11.3. The molecule has 2 atom stereocenters. The number of aldehydes is 1. The Hall–Kier alpha value is -1.02. The van der Waals surface area contributed by atoms with Crippen LogP contribution in [0.3, 0.4) is 0 Å². The molecule has 7 N–H and O–H groups in total. The Morgan fingerprint density at radius 3 is 2.11 bits per heavy atom. The summed E-state index contributed by atoms with van der Waals surface area (Å²) in [6, 6.07) is -1.65. The van der Waals surface area contributed by atoms with Crippen molar-refractivity contribution >= 4 is 12.2 Å². The molecule has 0 heterocycles. The summed E-state index contributed by atoms with van der Waals surface area (Å²) in [5.41, 5.74) is 16.4. The Kier molecular flexibility index (Phi) is 10.3. The summed E-state index contributed by atoms with van der Waals surface area (Å²) >= 11 is 0. The van der Waals surface area contributed by atoms with Gasteiger partial charge in [-0.05, 0) is 45.2 Å². The molecule has 112 valence electrons. The van der Waals surface area contributed by atoms with E-state index in [1.54, 1.807) is 0 Å². The third-order valence-corrected chi connectivity index (χ3v) is 2.94. The predicted octanol–water partition coefficient (Wildman–Crippen LogP) is -0.643. The molecule has 0 bridgehead atoms. The lowest BCUT2D eigenvalue weighted by Gasteiger charge is -2.24. The van der Waals surface area contributed by atoms with Gasteiger partial charge in [0.05, 0.1) is 6.04 Å². The number of carbonyl (C=O) groups excluding carboxylic acids is 2. The highest BCUT2D eigenvalue weighted by Gasteiger charge is 2.25. The van der Waals surface area contributed by atoms with E-state index in [2.05, 4.69) is 0 Å². The fourth-order valence-corrected chi connectivity index (χ4v) is 1.71. The van der Waals surface area contributed by atoms with Crippen molar-refractivity contribution in [2.75, 3.05) is 13.1 Å². The van der Waals surface area contributed by atoms with Gasteiger partial charge in [-0.3, -0.25) is 10.0 Å². The fourth-order valence-electron chi connectivity index (χ4n) is 1.71. The number of hydroxylamine groups is 2. The van der Waals surface area contributed by atoms with Gasteiger partial charge in [0.2, 0.25) is 0 Å². The van der Waals surface area contributed by atoms with Crippen LogP contribution in [0.2, 0.25) is 0 Å². The molecule has 0 rings (SSSR count). The average Bonchev–Trinajstić information content (AvgIpc) is 2.42. The molecule has 1 amide bonds. The Balaban J connectivity index is 4.21. The largest absolute Gasteiger partial charge is 0.330 e. The number of nitrogens with two attached hydrogens (primary N) is 3. The first-order chi connectivity index (χ1) is 9.08. The molecule has 0 saturated carbocycles. The fraction of sp³-hybridized carbons (Fsp3) is 0.833. The second-order valence-electron chi connectivity index (χ2n) is 4.56. The highest BCUT2D eigenvalue weighted by Crippen LogP contribution is 2.08. The van der Waals surface area contributed by atoms with Crippen LogP contribution in [0.15, 0.2) is 0 Å². The molecule has 19 heavy (non-hydrogen) atoms. The van der Waals surface area contributed by atoms with E-state index >= 15 is 0 Å². The minimum absolute atomic E-state index is 0.387. The van der Waals surface area contributed by atoms with E-state index < -0.39 is 18.0 Å². The van der Waals surface area contributed by atoms with Crippen LogP contribution in [-0.2, 0) is 9.59 Å². The highest BCUT2D eigenvalue weighted by molar-refractivity contribution is 5.83. The first-order valence-electron chi connectivity index (χ1n) is 6.71. The molecule has 0 aromatic heterocycles. The van der Waals surface area contributed by atoms with E-state index in [1.807, 2.05) is 0 Å². The summed E-state index contributed by atoms with van der Waals surface area (Å²) in [7, 11) is 0. The van der Waals surface area contributed by atoms with Crippen molar-refractivity contribution in [2.24, 2.45) is 17.2 Å². The first-order valence-corrected chi connectivity index (χ1v) is 6.71. The van der Waals surface area contributed by atoms with E-state index in [-0.39, 0.29) is 0 Å². The second kappa shape index (κ2) is 10.9. The highest BCUT2D eigenvalue weighted by atomic mass is 16.5. The Morgan fingerprint density at radius 2 is 1.63 bits per heavy atom. The van der Waals surface area contributed by atoms with Gasteiger partial charge in [0.15, 0.2) is 0 Å². The van der Waals surface area contributed by atoms with Crippen molar-refractivity contribution in [1.29, 1.82) is 0 Å². The van der Waals surface area contributed by atoms with Crippen molar-refractivity contribution in [3.63, 3.8) is 0 Å². The second-order valence-corrected chi connectivity index (χ2v) is 4.56. The molecular formula is C12H26N4O3. The van der Waals surface area contributed by atoms with Crippen LogP contribution < -0.4 is 17.2 Å². The number of amides is 1. The maximum absolute atomic E-state index is 11.8. The molecule has 7 nitrogen and oxygen atoms in total. The number of hydrogen-bond donors (Lipinski definition) is 4. The number of carbonyl (C=O) groups is 2. The standard InChI is InChI=1S/C12H26N4O3/c13-7-3-1-5-10(9-17)16(19)12(18)11(15)6-2-4-8-14/h9-11,19H,1-8,13-15H2/t10-,11-/m0/s1. The van der Waals surface area contributed by atoms with Gasteiger partial charge in [-0.25, -0.2) is 5.06 Å². The van der Waals surface area contributed by atoms with Crippen LogP contribution in [0.4, 0.5) is 0 Å². The topological polar surface area (TPSA) is 136 Å². The van der Waals surface area contributed by atoms with Crippen molar-refractivity contribution in [2.45, 2.75) is 50.6 Å². The van der Waals surface area contributed by atoms with Crippen LogP contribution >= 0.6 is 0 Å². The summed E-state index contributed by atoms with van der Waals surface area (Å²) in [4.78, 5) is 22.7. The quantitative estimate of drug-likeness (QED) is 0.171. The Morgan fingerprint density at radius 1 is 1.11 bits per heavy atom. The number of rotatable bonds is 11. The molecular weight excluding hydrogens is 248 g/mol. The third-order valence-electron chi connectivity index (χ3n) is 2.94. The SMILES string of the molecule is NCCCC[C@@H](C=O)N(O)C(=O)[C@@H](N)CCCCN. The summed E-state index contributed by atoms with van der Waals surface area (Å²) in [5.74, 6) is -0.623. The van der Waals surface area contributed by atoms with Gasteiger partial charge in [-0.2, -0.15) is 0 Å². The van der Waals surface area contributed by atoms with E-state index in [9.17, 15) is 14.8 Å². The Bertz CT molecular complexity index is 263. The van der Waals surface area contributed by atoms with Gasteiger partial charge >= 0.3 is 0 Å². The van der Waals surface area contributed by atoms with Crippen LogP contribution in [0, 0.1) is 0 Å². The van der Waals surface area contributed by atoms with Gasteiger partial charge in [-0.1, -0.05) is 6.42 Å². The summed E-state index contributed by atoms with van der Waals surface area (Å²) < 4.78 is 0. The van der Waals surface area contributed by atoms with Crippen LogP contribution in [0.5, 0.6) is 0 Å². The molecule has 0 spiro atoms. The molecule has 0 radical (unpaired) electrons. The number of hydrogen-bond acceptors (Lipinski definition) is 6. The summed E-state index contributed by atoms with van der Waals surface area (Å²) in [5, 5.41) is 10.2. The zero-order chi connectivity index (χ0) is 14.7. The maximum Gasteiger partial charge on any atom is 0.263 e. The Labute approximate surface area is 114 Å². The van der Waals surface area contributed by atoms with E-state index in [4.69, 9.17) is 17.2 Å². The number of unbranched alkanes of at least 4 members (excludes halogenated alkanes) is 2. The van der Waals surface area contributed by atoms with E-state index in [0.717, 1.165) is 19.3 Å². The van der Waals surface area contributed by atoms with Crippen molar-refractivity contribution < 1.29 is 14.8 Å². The normalized spacial score (nSPS) is 13.9. The molecule has 0 aliphatic heterocycles. The van der Waals surface area contributed by atoms with Gasteiger partial charge < -0.3 is 22.0 Å². The van der Waals surface area contributed by atoms with Gasteiger partial charge in [0, 0.05) is 0 Å². The molecule has 7 heteroatoms. The molecule has 0 fully saturated rings. The zero-order valence-electron chi connectivity index (χ0n) is 11.3. The van der Waals surface area contributed by atoms with Crippen molar-refractivity contribution in [3.8, 4) is 0 Å². The lowest BCUT2D eigenvalue weighted by atomic mass is 10.1. The van der Waals surface area contributed by atoms with Crippen LogP contribution in [0.1, 0.15) is 38.5 Å². The maximum atomic E-state index is 11.8. The summed E-state index contributed by atoms with van der Waals surface area (Å²) in [6.07, 6.45) is 4.30. The third kappa shape index (κ3) is 7.22. The smallest absolute Gasteiger partial charge is 0.263 e. The van der Waals surface area contributed by atoms with E-state index in [0.29, 0.717) is 43.7 Å². The van der Waals surface area contributed by atoms with Gasteiger partial charge in [-0.15, -0.1) is 0 Å². The minimum Gasteiger partial charge on any atom is -0.330 e. The van der Waals surface area contributed by atoms with Crippen LogP contribution in [-0.4, -0.2) is 47.6 Å². The van der Waals surface area contributed by atoms with Crippen LogP contribution in [0.25, 0.3) is 0 Å². The minimum atomic E-state index is -0.848. The first kappa shape index (κ1) is 18.0. The molecule has 0 aromatic rings. The lowest BCUT2D eigenvalue weighted by molar-refractivity contribution is -0.178. The van der Waals surface area contributed by atoms with Gasteiger partial charge in [0.1, 0.15) is 12.3 Å². The summed E-state index contributed by atoms with van der Waals surface area (Å²) in [6.45, 7) is 1.06. The molecule has 0 aliphatic carbocycles. The van der Waals surface area contributed by atoms with Crippen molar-refractivity contribution in [3.05, 3.63) is 0 Å². The predicted molar refractivity (Wildman–Crippen MR) is 72.3 cm³/mol. The lowest BCUT2D eigenvalue weighted by Crippen LogP contribution is -2.47. The monoisotopic (exact) mass is 274 g/mol. The van der Waals surface area contributed by atoms with Gasteiger partial charge in [0.25, 0.3) is 5.91 Å². The molecule has 0 aliphatic rings. The van der Waals surface area contributed by atoms with Crippen molar-refractivity contribution in [1.82, 2.24) is 5.06 Å². The molecule has 0 aromatic carbocycles. The van der Waals surface area contributed by atoms with E-state index in [1.165, 1.54) is 0 Å². The average molecular weight is 274 g/mol.